The van der Waals surface area contributed by atoms with E-state index in [4.69, 9.17) is 11.6 Å². The second-order valence-corrected chi connectivity index (χ2v) is 7.56. The topological polar surface area (TPSA) is 49.4 Å². The summed E-state index contributed by atoms with van der Waals surface area (Å²) in [6, 6.07) is 14.8. The predicted molar refractivity (Wildman–Crippen MR) is 109 cm³/mol. The van der Waals surface area contributed by atoms with Gasteiger partial charge in [-0.25, -0.2) is 0 Å². The number of aryl methyl sites for hydroxylation is 1. The zero-order valence-corrected chi connectivity index (χ0v) is 17.1. The smallest absolute Gasteiger partial charge is 0.242 e. The minimum atomic E-state index is -0.568. The van der Waals surface area contributed by atoms with Gasteiger partial charge in [0.05, 0.1) is 0 Å². The van der Waals surface area contributed by atoms with E-state index in [9.17, 15) is 9.59 Å². The Labute approximate surface area is 166 Å². The second kappa shape index (κ2) is 9.56. The molecule has 0 spiro atoms. The molecule has 4 nitrogen and oxygen atoms in total. The fourth-order valence-corrected chi connectivity index (χ4v) is 2.83. The molecule has 0 heterocycles. The van der Waals surface area contributed by atoms with Crippen molar-refractivity contribution in [1.29, 1.82) is 0 Å². The number of halogens is 1. The summed E-state index contributed by atoms with van der Waals surface area (Å²) in [7, 11) is 0. The van der Waals surface area contributed by atoms with Gasteiger partial charge in [-0.2, -0.15) is 0 Å². The molecule has 2 amide bonds. The molecule has 1 atom stereocenters. The molecule has 0 aliphatic rings. The van der Waals surface area contributed by atoms with Crippen LogP contribution in [0, 0.1) is 12.8 Å². The maximum Gasteiger partial charge on any atom is 0.242 e. The Morgan fingerprint density at radius 3 is 2.07 bits per heavy atom. The van der Waals surface area contributed by atoms with Crippen molar-refractivity contribution < 1.29 is 9.59 Å². The molecule has 0 saturated heterocycles. The minimum absolute atomic E-state index is 0.0528. The van der Waals surface area contributed by atoms with Crippen molar-refractivity contribution in [2.24, 2.45) is 5.92 Å². The average Bonchev–Trinajstić information content (AvgIpc) is 2.65. The lowest BCUT2D eigenvalue weighted by atomic mass is 10.1. The van der Waals surface area contributed by atoms with Crippen molar-refractivity contribution in [3.05, 3.63) is 70.2 Å². The number of carbonyl (C=O) groups excluding carboxylic acids is 2. The van der Waals surface area contributed by atoms with Crippen LogP contribution in [0.2, 0.25) is 5.02 Å². The van der Waals surface area contributed by atoms with Crippen molar-refractivity contribution in [3.63, 3.8) is 0 Å². The highest BCUT2D eigenvalue weighted by molar-refractivity contribution is 6.30. The van der Waals surface area contributed by atoms with Crippen LogP contribution in [-0.2, 0) is 22.7 Å². The van der Waals surface area contributed by atoms with Crippen LogP contribution in [0.4, 0.5) is 0 Å². The van der Waals surface area contributed by atoms with Gasteiger partial charge in [-0.1, -0.05) is 67.4 Å². The maximum absolute atomic E-state index is 12.7. The van der Waals surface area contributed by atoms with E-state index < -0.39 is 6.04 Å². The van der Waals surface area contributed by atoms with Crippen molar-refractivity contribution in [1.82, 2.24) is 10.2 Å². The Balaban J connectivity index is 2.08. The third kappa shape index (κ3) is 6.10. The quantitative estimate of drug-likeness (QED) is 0.769. The summed E-state index contributed by atoms with van der Waals surface area (Å²) in [5.41, 5.74) is 3.14. The molecule has 0 radical (unpaired) electrons. The van der Waals surface area contributed by atoms with E-state index >= 15 is 0 Å². The van der Waals surface area contributed by atoms with E-state index in [0.717, 1.165) is 11.1 Å². The van der Waals surface area contributed by atoms with E-state index in [1.54, 1.807) is 24.0 Å². The van der Waals surface area contributed by atoms with Gasteiger partial charge in [-0.15, -0.1) is 0 Å². The molecule has 0 aliphatic heterocycles. The molecule has 1 unspecified atom stereocenters. The lowest BCUT2D eigenvalue weighted by molar-refractivity contribution is -0.143. The fraction of sp³-hybridized carbons (Fsp3) is 0.364. The van der Waals surface area contributed by atoms with Gasteiger partial charge in [0, 0.05) is 24.0 Å². The molecule has 27 heavy (non-hydrogen) atoms. The number of benzene rings is 2. The van der Waals surface area contributed by atoms with Crippen LogP contribution in [0.3, 0.4) is 0 Å². The number of carbonyl (C=O) groups is 2. The summed E-state index contributed by atoms with van der Waals surface area (Å²) in [6.07, 6.45) is 0. The second-order valence-electron chi connectivity index (χ2n) is 7.13. The minimum Gasteiger partial charge on any atom is -0.350 e. The number of rotatable bonds is 7. The molecule has 0 aliphatic carbocycles. The molecule has 5 heteroatoms. The molecular formula is C22H27ClN2O2. The van der Waals surface area contributed by atoms with Crippen LogP contribution in [0.15, 0.2) is 48.5 Å². The first-order valence-corrected chi connectivity index (χ1v) is 9.54. The number of hydrogen-bond acceptors (Lipinski definition) is 2. The van der Waals surface area contributed by atoms with Crippen molar-refractivity contribution in [2.75, 3.05) is 0 Å². The molecule has 0 bridgehead atoms. The van der Waals surface area contributed by atoms with Gasteiger partial charge < -0.3 is 10.2 Å². The molecule has 2 aromatic rings. The number of hydrogen-bond donors (Lipinski definition) is 1. The van der Waals surface area contributed by atoms with E-state index in [2.05, 4.69) is 5.32 Å². The van der Waals surface area contributed by atoms with Gasteiger partial charge in [-0.05, 0) is 37.1 Å². The Morgan fingerprint density at radius 2 is 1.52 bits per heavy atom. The van der Waals surface area contributed by atoms with Gasteiger partial charge >= 0.3 is 0 Å². The molecule has 144 valence electrons. The summed E-state index contributed by atoms with van der Waals surface area (Å²) < 4.78 is 0. The molecule has 0 fully saturated rings. The largest absolute Gasteiger partial charge is 0.350 e. The van der Waals surface area contributed by atoms with E-state index in [0.29, 0.717) is 18.1 Å². The van der Waals surface area contributed by atoms with Crippen LogP contribution < -0.4 is 5.32 Å². The van der Waals surface area contributed by atoms with Crippen molar-refractivity contribution in [2.45, 2.75) is 46.8 Å². The Kier molecular flexibility index (Phi) is 7.43. The summed E-state index contributed by atoms with van der Waals surface area (Å²) in [5, 5.41) is 3.58. The molecular weight excluding hydrogens is 360 g/mol. The third-order valence-electron chi connectivity index (χ3n) is 4.48. The van der Waals surface area contributed by atoms with Crippen LogP contribution in [0.25, 0.3) is 0 Å². The first-order valence-electron chi connectivity index (χ1n) is 9.16. The molecule has 2 rings (SSSR count). The van der Waals surface area contributed by atoms with Gasteiger partial charge in [-0.3, -0.25) is 9.59 Å². The number of nitrogens with one attached hydrogen (secondary N) is 1. The Hall–Kier alpha value is -2.33. The average molecular weight is 387 g/mol. The third-order valence-corrected chi connectivity index (χ3v) is 4.73. The highest BCUT2D eigenvalue weighted by atomic mass is 35.5. The zero-order chi connectivity index (χ0) is 20.0. The normalized spacial score (nSPS) is 11.9. The van der Waals surface area contributed by atoms with E-state index in [1.165, 1.54) is 5.56 Å². The van der Waals surface area contributed by atoms with E-state index in [1.807, 2.05) is 57.2 Å². The van der Waals surface area contributed by atoms with Gasteiger partial charge in [0.15, 0.2) is 0 Å². The SMILES string of the molecule is Cc1ccc(CNC(=O)C(C)N(Cc2ccc(Cl)cc2)C(=O)C(C)C)cc1. The summed E-state index contributed by atoms with van der Waals surface area (Å²) in [4.78, 5) is 27.0. The van der Waals surface area contributed by atoms with Crippen molar-refractivity contribution >= 4 is 23.4 Å². The lowest BCUT2D eigenvalue weighted by Gasteiger charge is -2.30. The monoisotopic (exact) mass is 386 g/mol. The number of amides is 2. The standard InChI is InChI=1S/C22H27ClN2O2/c1-15(2)22(27)25(14-19-9-11-20(23)12-10-19)17(4)21(26)24-13-18-7-5-16(3)6-8-18/h5-12,15,17H,13-14H2,1-4H3,(H,24,26). The molecule has 2 aromatic carbocycles. The first kappa shape index (κ1) is 21.0. The lowest BCUT2D eigenvalue weighted by Crippen LogP contribution is -2.48. The first-order chi connectivity index (χ1) is 12.8. The molecule has 1 N–H and O–H groups in total. The predicted octanol–water partition coefficient (Wildman–Crippen LogP) is 4.34. The summed E-state index contributed by atoms with van der Waals surface area (Å²) in [5.74, 6) is -0.411. The van der Waals surface area contributed by atoms with E-state index in [-0.39, 0.29) is 17.7 Å². The molecule has 0 aromatic heterocycles. The Bertz CT molecular complexity index is 770. The maximum atomic E-state index is 12.7. The van der Waals surface area contributed by atoms with Gasteiger partial charge in [0.2, 0.25) is 11.8 Å². The highest BCUT2D eigenvalue weighted by Gasteiger charge is 2.27. The van der Waals surface area contributed by atoms with Crippen LogP contribution in [0.5, 0.6) is 0 Å². The van der Waals surface area contributed by atoms with Gasteiger partial charge in [0.25, 0.3) is 0 Å². The molecule has 0 saturated carbocycles. The number of nitrogens with zero attached hydrogens (tertiary/aromatic N) is 1. The van der Waals surface area contributed by atoms with Crippen molar-refractivity contribution in [3.8, 4) is 0 Å². The fourth-order valence-electron chi connectivity index (χ4n) is 2.71. The Morgan fingerprint density at radius 1 is 0.963 bits per heavy atom. The van der Waals surface area contributed by atoms with Crippen LogP contribution >= 0.6 is 11.6 Å². The zero-order valence-electron chi connectivity index (χ0n) is 16.3. The summed E-state index contributed by atoms with van der Waals surface area (Å²) in [6.45, 7) is 8.28. The van der Waals surface area contributed by atoms with Crippen LogP contribution in [-0.4, -0.2) is 22.8 Å². The summed E-state index contributed by atoms with van der Waals surface area (Å²) >= 11 is 5.94. The highest BCUT2D eigenvalue weighted by Crippen LogP contribution is 2.16. The van der Waals surface area contributed by atoms with Gasteiger partial charge in [0.1, 0.15) is 6.04 Å². The van der Waals surface area contributed by atoms with Crippen LogP contribution in [0.1, 0.15) is 37.5 Å².